The Kier molecular flexibility index (Phi) is 7.98. The van der Waals surface area contributed by atoms with E-state index in [2.05, 4.69) is 4.90 Å². The molecule has 5 rings (SSSR count). The molecule has 0 radical (unpaired) electrons. The Balaban J connectivity index is 1.34. The summed E-state index contributed by atoms with van der Waals surface area (Å²) in [6, 6.07) is 16.7. The summed E-state index contributed by atoms with van der Waals surface area (Å²) >= 11 is 1.37. The van der Waals surface area contributed by atoms with Gasteiger partial charge in [0.05, 0.1) is 9.99 Å². The molecule has 37 heavy (non-hydrogen) atoms. The molecule has 2 aliphatic heterocycles. The smallest absolute Gasteiger partial charge is 0.183 e. The minimum Gasteiger partial charge on any atom is -0.508 e. The predicted molar refractivity (Wildman–Crippen MR) is 150 cm³/mol. The molecule has 2 aliphatic rings. The number of thioether (sulfide) groups is 1. The largest absolute Gasteiger partial charge is 0.508 e. The summed E-state index contributed by atoms with van der Waals surface area (Å²) in [6.45, 7) is 5.57. The van der Waals surface area contributed by atoms with Crippen LogP contribution in [0.3, 0.4) is 0 Å². The first-order chi connectivity index (χ1) is 17.9. The van der Waals surface area contributed by atoms with Gasteiger partial charge in [0.2, 0.25) is 0 Å². The number of piperidine rings is 1. The van der Waals surface area contributed by atoms with E-state index in [0.717, 1.165) is 41.7 Å². The summed E-state index contributed by atoms with van der Waals surface area (Å²) in [5.41, 5.74) is 0.933. The Bertz CT molecular complexity index is 1380. The number of phenols is 1. The van der Waals surface area contributed by atoms with Crippen LogP contribution in [0.5, 0.6) is 23.0 Å². The molecule has 1 unspecified atom stereocenters. The molecule has 1 saturated heterocycles. The molecule has 2 heterocycles. The van der Waals surface area contributed by atoms with Crippen LogP contribution in [-0.2, 0) is 9.84 Å². The van der Waals surface area contributed by atoms with E-state index in [-0.39, 0.29) is 16.8 Å². The molecule has 3 aromatic carbocycles. The topological polar surface area (TPSA) is 76.1 Å². The molecule has 8 heteroatoms. The van der Waals surface area contributed by atoms with E-state index in [1.165, 1.54) is 31.0 Å². The zero-order valence-corrected chi connectivity index (χ0v) is 22.7. The Morgan fingerprint density at radius 2 is 1.76 bits per heavy atom. The number of ether oxygens (including phenoxy) is 2. The number of likely N-dealkylation sites (tertiary alicyclic amines) is 1. The van der Waals surface area contributed by atoms with Crippen LogP contribution in [0.1, 0.15) is 43.4 Å². The van der Waals surface area contributed by atoms with Crippen LogP contribution in [0, 0.1) is 0 Å². The maximum Gasteiger partial charge on any atom is 0.183 e. The molecule has 196 valence electrons. The fourth-order valence-corrected chi connectivity index (χ4v) is 7.74. The van der Waals surface area contributed by atoms with Gasteiger partial charge in [-0.15, -0.1) is 11.8 Å². The monoisotopic (exact) mass is 539 g/mol. The number of hydrogen-bond donors (Lipinski definition) is 1. The SMILES string of the molecule is CCS(=O)(=O)C1=CCC(c2ccc3cc(O)ccc3c2Oc2ccc(OCCN3CCCCC3)cc2)S1. The molecule has 6 nitrogen and oxygen atoms in total. The third-order valence-electron chi connectivity index (χ3n) is 6.94. The second-order valence-corrected chi connectivity index (χ2v) is 13.2. The van der Waals surface area contributed by atoms with E-state index >= 15 is 0 Å². The molecule has 1 N–H and O–H groups in total. The lowest BCUT2D eigenvalue weighted by Crippen LogP contribution is -2.33. The molecule has 0 amide bonds. The van der Waals surface area contributed by atoms with Crippen LogP contribution in [0.4, 0.5) is 0 Å². The van der Waals surface area contributed by atoms with Crippen molar-refractivity contribution in [3.63, 3.8) is 0 Å². The number of rotatable bonds is 9. The van der Waals surface area contributed by atoms with Gasteiger partial charge >= 0.3 is 0 Å². The zero-order chi connectivity index (χ0) is 25.8. The zero-order valence-electron chi connectivity index (χ0n) is 21.1. The molecule has 0 aliphatic carbocycles. The van der Waals surface area contributed by atoms with E-state index in [9.17, 15) is 13.5 Å². The Morgan fingerprint density at radius 3 is 2.51 bits per heavy atom. The first-order valence-corrected chi connectivity index (χ1v) is 15.4. The average molecular weight is 540 g/mol. The van der Waals surface area contributed by atoms with Crippen molar-refractivity contribution in [3.05, 3.63) is 70.5 Å². The maximum atomic E-state index is 12.4. The highest BCUT2D eigenvalue weighted by Crippen LogP contribution is 2.50. The fraction of sp³-hybridized carbons (Fsp3) is 0.379. The second kappa shape index (κ2) is 11.4. The highest BCUT2D eigenvalue weighted by Gasteiger charge is 2.30. The molecule has 0 aromatic heterocycles. The number of allylic oxidation sites excluding steroid dienone is 1. The number of nitrogens with zero attached hydrogens (tertiary/aromatic N) is 1. The van der Waals surface area contributed by atoms with Crippen LogP contribution >= 0.6 is 11.8 Å². The van der Waals surface area contributed by atoms with E-state index < -0.39 is 9.84 Å². The molecule has 3 aromatic rings. The highest BCUT2D eigenvalue weighted by molar-refractivity contribution is 8.19. The summed E-state index contributed by atoms with van der Waals surface area (Å²) < 4.78 is 37.7. The summed E-state index contributed by atoms with van der Waals surface area (Å²) in [6.07, 6.45) is 6.30. The second-order valence-electron chi connectivity index (χ2n) is 9.48. The van der Waals surface area contributed by atoms with E-state index in [4.69, 9.17) is 9.47 Å². The minimum atomic E-state index is -3.25. The molecular weight excluding hydrogens is 506 g/mol. The summed E-state index contributed by atoms with van der Waals surface area (Å²) in [5, 5.41) is 11.6. The van der Waals surface area contributed by atoms with Crippen LogP contribution in [0.2, 0.25) is 0 Å². The number of aromatic hydroxyl groups is 1. The van der Waals surface area contributed by atoms with Gasteiger partial charge in [0.25, 0.3) is 0 Å². The van der Waals surface area contributed by atoms with Gasteiger partial charge in [-0.25, -0.2) is 8.42 Å². The lowest BCUT2D eigenvalue weighted by Gasteiger charge is -2.26. The Morgan fingerprint density at radius 1 is 1.00 bits per heavy atom. The maximum absolute atomic E-state index is 12.4. The van der Waals surface area contributed by atoms with Gasteiger partial charge in [-0.2, -0.15) is 0 Å². The van der Waals surface area contributed by atoms with Crippen LogP contribution in [0.25, 0.3) is 10.8 Å². The third-order valence-corrected chi connectivity index (χ3v) is 10.7. The van der Waals surface area contributed by atoms with Gasteiger partial charge < -0.3 is 14.6 Å². The summed E-state index contributed by atoms with van der Waals surface area (Å²) in [4.78, 5) is 2.45. The highest BCUT2D eigenvalue weighted by atomic mass is 32.3. The van der Waals surface area contributed by atoms with Gasteiger partial charge in [-0.3, -0.25) is 4.90 Å². The Labute approximate surface area is 223 Å². The lowest BCUT2D eigenvalue weighted by atomic mass is 10.0. The van der Waals surface area contributed by atoms with Crippen LogP contribution in [-0.4, -0.2) is 50.4 Å². The Hall–Kier alpha value is -2.68. The predicted octanol–water partition coefficient (Wildman–Crippen LogP) is 6.66. The van der Waals surface area contributed by atoms with Crippen LogP contribution in [0.15, 0.2) is 64.9 Å². The quantitative estimate of drug-likeness (QED) is 0.326. The first kappa shape index (κ1) is 25.9. The first-order valence-electron chi connectivity index (χ1n) is 12.9. The number of hydrogen-bond acceptors (Lipinski definition) is 7. The van der Waals surface area contributed by atoms with Crippen molar-refractivity contribution in [2.24, 2.45) is 0 Å². The average Bonchev–Trinajstić information content (AvgIpc) is 3.41. The molecule has 0 bridgehead atoms. The lowest BCUT2D eigenvalue weighted by molar-refractivity contribution is 0.183. The summed E-state index contributed by atoms with van der Waals surface area (Å²) in [5.74, 6) is 2.42. The van der Waals surface area contributed by atoms with E-state index in [1.807, 2.05) is 48.5 Å². The van der Waals surface area contributed by atoms with Crippen molar-refractivity contribution in [1.82, 2.24) is 4.90 Å². The molecule has 1 atom stereocenters. The fourth-order valence-electron chi connectivity index (χ4n) is 4.84. The van der Waals surface area contributed by atoms with Gasteiger partial charge in [0.1, 0.15) is 29.6 Å². The molecular formula is C29H33NO5S2. The van der Waals surface area contributed by atoms with Crippen molar-refractivity contribution >= 4 is 32.4 Å². The van der Waals surface area contributed by atoms with Crippen molar-refractivity contribution in [1.29, 1.82) is 0 Å². The van der Waals surface area contributed by atoms with Crippen molar-refractivity contribution in [2.75, 3.05) is 32.0 Å². The van der Waals surface area contributed by atoms with Gasteiger partial charge in [0.15, 0.2) is 9.84 Å². The van der Waals surface area contributed by atoms with Gasteiger partial charge in [-0.1, -0.05) is 31.6 Å². The van der Waals surface area contributed by atoms with Crippen molar-refractivity contribution < 1.29 is 23.0 Å². The van der Waals surface area contributed by atoms with Crippen molar-refractivity contribution in [3.8, 4) is 23.0 Å². The third kappa shape index (κ3) is 6.08. The number of fused-ring (bicyclic) bond motifs is 1. The minimum absolute atomic E-state index is 0.0677. The van der Waals surface area contributed by atoms with Gasteiger partial charge in [-0.05, 0) is 80.2 Å². The number of sulfone groups is 1. The van der Waals surface area contributed by atoms with Crippen LogP contribution < -0.4 is 9.47 Å². The molecule has 1 fully saturated rings. The number of phenolic OH excluding ortho intramolecular Hbond substituents is 1. The van der Waals surface area contributed by atoms with Gasteiger partial charge in [0, 0.05) is 22.7 Å². The summed E-state index contributed by atoms with van der Waals surface area (Å²) in [7, 11) is -3.25. The van der Waals surface area contributed by atoms with E-state index in [1.54, 1.807) is 19.1 Å². The molecule has 0 saturated carbocycles. The normalized spacial score (nSPS) is 18.6. The number of benzene rings is 3. The van der Waals surface area contributed by atoms with E-state index in [0.29, 0.717) is 28.8 Å². The van der Waals surface area contributed by atoms with Crippen molar-refractivity contribution in [2.45, 2.75) is 37.9 Å². The standard InChI is InChI=1S/C29H33NO5S2/c1-2-37(32,33)28-15-14-27(36-28)26-12-6-21-20-22(31)7-13-25(21)29(26)35-24-10-8-23(9-11-24)34-19-18-30-16-4-3-5-17-30/h6-13,15,20,27,31H,2-5,14,16-19H2,1H3. The molecule has 0 spiro atoms.